The largest absolute Gasteiger partial charge is 0.478 e. The van der Waals surface area contributed by atoms with Crippen molar-refractivity contribution in [1.29, 1.82) is 0 Å². The van der Waals surface area contributed by atoms with Crippen LogP contribution in [0.1, 0.15) is 31.8 Å². The first-order valence-corrected chi connectivity index (χ1v) is 7.57. The summed E-state index contributed by atoms with van der Waals surface area (Å²) < 4.78 is 0. The minimum atomic E-state index is -1.36. The van der Waals surface area contributed by atoms with E-state index in [2.05, 4.69) is 9.97 Å². The van der Waals surface area contributed by atoms with Crippen molar-refractivity contribution in [2.24, 2.45) is 0 Å². The van der Waals surface area contributed by atoms with Crippen molar-refractivity contribution in [2.45, 2.75) is 13.8 Å². The van der Waals surface area contributed by atoms with Crippen molar-refractivity contribution < 1.29 is 24.7 Å². The summed E-state index contributed by atoms with van der Waals surface area (Å²) in [4.78, 5) is 38.0. The normalized spacial score (nSPS) is 10.1. The highest BCUT2D eigenvalue weighted by Crippen LogP contribution is 2.29. The quantitative estimate of drug-likeness (QED) is 0.308. The van der Waals surface area contributed by atoms with E-state index in [1.54, 1.807) is 19.1 Å². The zero-order chi connectivity index (χ0) is 20.3. The third-order valence-corrected chi connectivity index (χ3v) is 3.86. The van der Waals surface area contributed by atoms with Gasteiger partial charge in [-0.3, -0.25) is 10.1 Å². The van der Waals surface area contributed by atoms with E-state index in [1.807, 2.05) is 6.92 Å². The number of nitrogens with two attached hydrogens (primary N) is 1. The number of fused-ring (bicyclic) bond motifs is 1. The van der Waals surface area contributed by atoms with Gasteiger partial charge in [-0.05, 0) is 37.1 Å². The van der Waals surface area contributed by atoms with E-state index in [-0.39, 0.29) is 11.3 Å². The van der Waals surface area contributed by atoms with Crippen LogP contribution >= 0.6 is 0 Å². The summed E-state index contributed by atoms with van der Waals surface area (Å²) in [6, 6.07) is 5.95. The van der Waals surface area contributed by atoms with Crippen LogP contribution in [0, 0.1) is 24.0 Å². The van der Waals surface area contributed by atoms with Gasteiger partial charge in [0.05, 0.1) is 27.8 Å². The number of aryl methyl sites for hydroxylation is 2. The minimum Gasteiger partial charge on any atom is -0.478 e. The van der Waals surface area contributed by atoms with E-state index in [9.17, 15) is 19.7 Å². The number of aromatic nitrogens is 2. The Morgan fingerprint density at radius 2 is 1.63 bits per heavy atom. The maximum absolute atomic E-state index is 10.8. The molecule has 2 aromatic carbocycles. The lowest BCUT2D eigenvalue weighted by Crippen LogP contribution is -2.06. The second-order valence-corrected chi connectivity index (χ2v) is 5.62. The molecule has 5 N–H and O–H groups in total. The molecule has 0 aliphatic heterocycles. The second-order valence-electron chi connectivity index (χ2n) is 5.62. The highest BCUT2D eigenvalue weighted by molar-refractivity contribution is 6.01. The monoisotopic (exact) mass is 372 g/mol. The van der Waals surface area contributed by atoms with Gasteiger partial charge < -0.3 is 20.9 Å². The predicted molar refractivity (Wildman–Crippen MR) is 97.0 cm³/mol. The number of hydrogen-bond donors (Lipinski definition) is 4. The number of aromatic amines is 1. The number of carboxylic acid groups (broad SMARTS) is 2. The Labute approximate surface area is 152 Å². The molecule has 1 aromatic heterocycles. The fraction of sp³-hybridized carbons (Fsp3) is 0.118. The van der Waals surface area contributed by atoms with Gasteiger partial charge in [0.25, 0.3) is 0 Å². The number of rotatable bonds is 3. The number of hydrogen-bond acceptors (Lipinski definition) is 6. The third kappa shape index (κ3) is 3.84. The van der Waals surface area contributed by atoms with Crippen LogP contribution in [0.4, 0.5) is 11.4 Å². The number of anilines is 1. The summed E-state index contributed by atoms with van der Waals surface area (Å²) in [5, 5.41) is 28.1. The Morgan fingerprint density at radius 1 is 1.07 bits per heavy atom. The molecule has 3 aromatic rings. The molecule has 0 saturated carbocycles. The molecule has 0 aliphatic rings. The molecule has 0 amide bonds. The molecule has 10 heteroatoms. The zero-order valence-corrected chi connectivity index (χ0v) is 14.4. The maximum atomic E-state index is 10.8. The number of nitro groups is 1. The number of carboxylic acids is 2. The van der Waals surface area contributed by atoms with Gasteiger partial charge in [0.15, 0.2) is 0 Å². The topological polar surface area (TPSA) is 172 Å². The van der Waals surface area contributed by atoms with E-state index in [4.69, 9.17) is 15.9 Å². The van der Waals surface area contributed by atoms with E-state index in [0.717, 1.165) is 11.1 Å². The number of carbonyl (C=O) groups is 2. The Morgan fingerprint density at radius 3 is 2.19 bits per heavy atom. The number of nitro benzene ring substituents is 1. The third-order valence-electron chi connectivity index (χ3n) is 3.86. The Kier molecular flexibility index (Phi) is 5.40. The molecule has 1 heterocycles. The summed E-state index contributed by atoms with van der Waals surface area (Å²) in [5.41, 5.74) is 7.42. The van der Waals surface area contributed by atoms with Crippen molar-refractivity contribution in [3.8, 4) is 0 Å². The predicted octanol–water partition coefficient (Wildman–Crippen LogP) is 2.75. The summed E-state index contributed by atoms with van der Waals surface area (Å²) in [7, 11) is 0. The Bertz CT molecular complexity index is 1060. The molecule has 3 rings (SSSR count). The first-order chi connectivity index (χ1) is 12.6. The van der Waals surface area contributed by atoms with Gasteiger partial charge in [0, 0.05) is 0 Å². The maximum Gasteiger partial charge on any atom is 0.342 e. The standard InChI is InChI=1S/C9H8N2O2.C8H8N2O4/c1-5-2-3-6(9(12)13)8-7(5)10-4-11-8;1-4-2-3-5(8(11)12)7(6(4)9)10(13)14/h2-4H,1H3,(H,10,11)(H,12,13);2-3H,9H2,1H3,(H,11,12). The van der Waals surface area contributed by atoms with Crippen LogP contribution in [0.15, 0.2) is 30.6 Å². The Balaban J connectivity index is 0.000000194. The Hall–Kier alpha value is -3.95. The molecule has 0 fully saturated rings. The number of aromatic carboxylic acids is 2. The van der Waals surface area contributed by atoms with Gasteiger partial charge in [-0.25, -0.2) is 14.6 Å². The van der Waals surface area contributed by atoms with E-state index >= 15 is 0 Å². The van der Waals surface area contributed by atoms with Crippen molar-refractivity contribution in [3.05, 3.63) is 63.0 Å². The average molecular weight is 372 g/mol. The highest BCUT2D eigenvalue weighted by atomic mass is 16.6. The number of H-pyrrole nitrogens is 1. The molecule has 0 unspecified atom stereocenters. The molecule has 0 aliphatic carbocycles. The van der Waals surface area contributed by atoms with Crippen molar-refractivity contribution in [3.63, 3.8) is 0 Å². The van der Waals surface area contributed by atoms with Crippen molar-refractivity contribution in [1.82, 2.24) is 9.97 Å². The van der Waals surface area contributed by atoms with Gasteiger partial charge in [0.2, 0.25) is 0 Å². The lowest BCUT2D eigenvalue weighted by atomic mass is 10.1. The van der Waals surface area contributed by atoms with Gasteiger partial charge in [-0.2, -0.15) is 0 Å². The minimum absolute atomic E-state index is 0.102. The summed E-state index contributed by atoms with van der Waals surface area (Å²) >= 11 is 0. The van der Waals surface area contributed by atoms with Crippen LogP contribution in [0.3, 0.4) is 0 Å². The molecule has 27 heavy (non-hydrogen) atoms. The molecule has 10 nitrogen and oxygen atoms in total. The molecular formula is C17H16N4O6. The van der Waals surface area contributed by atoms with Crippen molar-refractivity contribution in [2.75, 3.05) is 5.73 Å². The highest BCUT2D eigenvalue weighted by Gasteiger charge is 2.24. The number of imidazole rings is 1. The first-order valence-electron chi connectivity index (χ1n) is 7.57. The number of nitrogens with one attached hydrogen (secondary N) is 1. The number of nitrogen functional groups attached to an aromatic ring is 1. The molecule has 0 atom stereocenters. The second kappa shape index (κ2) is 7.52. The lowest BCUT2D eigenvalue weighted by Gasteiger charge is -2.03. The molecule has 0 saturated heterocycles. The lowest BCUT2D eigenvalue weighted by molar-refractivity contribution is -0.384. The zero-order valence-electron chi connectivity index (χ0n) is 14.4. The van der Waals surface area contributed by atoms with E-state index in [1.165, 1.54) is 18.5 Å². The van der Waals surface area contributed by atoms with Crippen LogP contribution in [0.5, 0.6) is 0 Å². The van der Waals surface area contributed by atoms with Gasteiger partial charge in [-0.15, -0.1) is 0 Å². The molecular weight excluding hydrogens is 356 g/mol. The van der Waals surface area contributed by atoms with Crippen LogP contribution < -0.4 is 5.73 Å². The average Bonchev–Trinajstić information content (AvgIpc) is 3.07. The molecule has 0 radical (unpaired) electrons. The molecule has 0 spiro atoms. The smallest absolute Gasteiger partial charge is 0.342 e. The first kappa shape index (κ1) is 19.4. The van der Waals surface area contributed by atoms with Crippen LogP contribution in [0.2, 0.25) is 0 Å². The summed E-state index contributed by atoms with van der Waals surface area (Å²) in [6.07, 6.45) is 1.50. The van der Waals surface area contributed by atoms with Gasteiger partial charge in [0.1, 0.15) is 11.3 Å². The van der Waals surface area contributed by atoms with Crippen molar-refractivity contribution >= 4 is 34.3 Å². The fourth-order valence-electron chi connectivity index (χ4n) is 2.43. The van der Waals surface area contributed by atoms with Gasteiger partial charge >= 0.3 is 17.6 Å². The molecule has 0 bridgehead atoms. The van der Waals surface area contributed by atoms with E-state index < -0.39 is 28.1 Å². The number of benzene rings is 2. The van der Waals surface area contributed by atoms with E-state index in [0.29, 0.717) is 11.1 Å². The molecule has 140 valence electrons. The summed E-state index contributed by atoms with van der Waals surface area (Å²) in [5.74, 6) is -2.29. The SMILES string of the molecule is Cc1ccc(C(=O)O)c([N+](=O)[O-])c1N.Cc1ccc(C(=O)O)c2[nH]cnc12. The fourth-order valence-corrected chi connectivity index (χ4v) is 2.43. The summed E-state index contributed by atoms with van der Waals surface area (Å²) in [6.45, 7) is 3.47. The van der Waals surface area contributed by atoms with Crippen LogP contribution in [-0.2, 0) is 0 Å². The van der Waals surface area contributed by atoms with Crippen LogP contribution in [0.25, 0.3) is 11.0 Å². The van der Waals surface area contributed by atoms with Crippen LogP contribution in [-0.4, -0.2) is 37.0 Å². The van der Waals surface area contributed by atoms with Gasteiger partial charge in [-0.1, -0.05) is 12.1 Å². The number of nitrogens with zero attached hydrogens (tertiary/aromatic N) is 2.